The fourth-order valence-electron chi connectivity index (χ4n) is 7.44. The van der Waals surface area contributed by atoms with E-state index in [1.165, 1.54) is 51.4 Å². The third kappa shape index (κ3) is 42.1. The van der Waals surface area contributed by atoms with Gasteiger partial charge in [0.2, 0.25) is 23.6 Å². The van der Waals surface area contributed by atoms with Gasteiger partial charge in [-0.25, -0.2) is 9.59 Å². The van der Waals surface area contributed by atoms with Crippen LogP contribution in [0.3, 0.4) is 0 Å². The molecule has 1 atom stereocenters. The van der Waals surface area contributed by atoms with Crippen LogP contribution in [0.4, 0.5) is 0 Å². The highest BCUT2D eigenvalue weighted by molar-refractivity contribution is 6.01. The van der Waals surface area contributed by atoms with Crippen LogP contribution in [0, 0.1) is 0 Å². The second kappa shape index (κ2) is 42.4. The maximum absolute atomic E-state index is 13.0. The normalized spacial score (nSPS) is 13.1. The topological polar surface area (TPSA) is 270 Å². The van der Waals surface area contributed by atoms with Crippen molar-refractivity contribution in [3.8, 4) is 0 Å². The number of hydrogen-bond acceptors (Lipinski definition) is 16. The van der Waals surface area contributed by atoms with Crippen molar-refractivity contribution in [2.24, 2.45) is 0 Å². The zero-order valence-corrected chi connectivity index (χ0v) is 46.5. The lowest BCUT2D eigenvalue weighted by atomic mass is 10.0. The zero-order valence-electron chi connectivity index (χ0n) is 46.5. The molecule has 0 aromatic rings. The molecule has 0 aliphatic carbocycles. The first-order valence-electron chi connectivity index (χ1n) is 27.7. The summed E-state index contributed by atoms with van der Waals surface area (Å²) in [6.45, 7) is 14.0. The predicted molar refractivity (Wildman–Crippen MR) is 279 cm³/mol. The Morgan fingerprint density at radius 3 is 1.31 bits per heavy atom. The smallest absolute Gasteiger partial charge is 0.333 e. The molecule has 1 saturated heterocycles. The van der Waals surface area contributed by atoms with Gasteiger partial charge in [-0.05, 0) is 73.6 Å². The summed E-state index contributed by atoms with van der Waals surface area (Å²) in [6, 6.07) is -0.752. The highest BCUT2D eigenvalue weighted by Crippen LogP contribution is 2.17. The number of ether oxygens (including phenoxy) is 6. The molecule has 1 fully saturated rings. The lowest BCUT2D eigenvalue weighted by Gasteiger charge is -2.24. The van der Waals surface area contributed by atoms with Gasteiger partial charge >= 0.3 is 17.9 Å². The Morgan fingerprint density at radius 2 is 0.840 bits per heavy atom. The molecule has 432 valence electrons. The van der Waals surface area contributed by atoms with Crippen LogP contribution in [-0.4, -0.2) is 148 Å². The van der Waals surface area contributed by atoms with E-state index in [9.17, 15) is 43.2 Å². The number of unbranched alkanes of at least 4 members (excludes halogenated alkanes) is 14. The number of carbonyl (C=O) groups is 9. The number of imide groups is 1. The van der Waals surface area contributed by atoms with E-state index >= 15 is 0 Å². The molecule has 0 unspecified atom stereocenters. The molecule has 0 aromatic carbocycles. The number of rotatable bonds is 46. The van der Waals surface area contributed by atoms with E-state index in [-0.39, 0.29) is 115 Å². The summed E-state index contributed by atoms with van der Waals surface area (Å²) in [5, 5.41) is 11.5. The first kappa shape index (κ1) is 68.3. The van der Waals surface area contributed by atoms with Gasteiger partial charge in [0.25, 0.3) is 11.8 Å². The van der Waals surface area contributed by atoms with E-state index in [1.54, 1.807) is 20.8 Å². The van der Waals surface area contributed by atoms with Gasteiger partial charge in [-0.3, -0.25) is 33.6 Å². The summed E-state index contributed by atoms with van der Waals surface area (Å²) in [4.78, 5) is 113. The maximum atomic E-state index is 13.0. The van der Waals surface area contributed by atoms with Crippen LogP contribution in [-0.2, 0) is 76.4 Å². The predicted octanol–water partition coefficient (Wildman–Crippen LogP) is 6.15. The van der Waals surface area contributed by atoms with Crippen LogP contribution >= 0.6 is 0 Å². The van der Waals surface area contributed by atoms with E-state index in [0.717, 1.165) is 38.5 Å². The van der Waals surface area contributed by atoms with Crippen molar-refractivity contribution in [2.45, 2.75) is 219 Å². The Hall–Kier alpha value is -4.73. The minimum absolute atomic E-state index is 0.00909. The Labute approximate surface area is 446 Å². The van der Waals surface area contributed by atoms with Crippen LogP contribution in [0.15, 0.2) is 0 Å². The van der Waals surface area contributed by atoms with Gasteiger partial charge in [0.05, 0.1) is 59.3 Å². The molecular formula is C54H95N5O16. The Kier molecular flexibility index (Phi) is 38.6. The third-order valence-electron chi connectivity index (χ3n) is 11.3. The number of hydroxylamine groups is 2. The summed E-state index contributed by atoms with van der Waals surface area (Å²) < 4.78 is 32.7. The fraction of sp³-hybridized carbons (Fsp3) is 0.833. The molecule has 1 heterocycles. The molecule has 0 bridgehead atoms. The summed E-state index contributed by atoms with van der Waals surface area (Å²) in [7, 11) is 0. The zero-order chi connectivity index (χ0) is 55.6. The SMILES string of the molecule is CC(C)(C)OC(=O)CCCCCCCCCCCCCCCCC(=O)N[C@@H](CCCCNC(=O)CCOCCOCCNC(=O)CCOCCOCCNC(=O)CCC(=O)ON1C(=O)CCC1=O)C(=O)OC(C)(C)C. The number of nitrogens with one attached hydrogen (secondary N) is 4. The molecule has 0 radical (unpaired) electrons. The van der Waals surface area contributed by atoms with Gasteiger partial charge < -0.3 is 54.5 Å². The molecule has 21 nitrogen and oxygen atoms in total. The van der Waals surface area contributed by atoms with Gasteiger partial charge in [0.1, 0.15) is 17.2 Å². The van der Waals surface area contributed by atoms with Gasteiger partial charge in [-0.15, -0.1) is 5.06 Å². The largest absolute Gasteiger partial charge is 0.460 e. The van der Waals surface area contributed by atoms with Crippen LogP contribution in [0.1, 0.15) is 202 Å². The van der Waals surface area contributed by atoms with E-state index in [2.05, 4.69) is 21.3 Å². The number of esters is 2. The Balaban J connectivity index is 1.99. The van der Waals surface area contributed by atoms with Crippen molar-refractivity contribution in [3.63, 3.8) is 0 Å². The molecule has 6 amide bonds. The van der Waals surface area contributed by atoms with E-state index in [1.807, 2.05) is 20.8 Å². The second-order valence-electron chi connectivity index (χ2n) is 20.7. The van der Waals surface area contributed by atoms with Crippen molar-refractivity contribution >= 4 is 53.4 Å². The van der Waals surface area contributed by atoms with Gasteiger partial charge in [0.15, 0.2) is 0 Å². The van der Waals surface area contributed by atoms with Crippen molar-refractivity contribution < 1.29 is 76.4 Å². The molecule has 0 aromatic heterocycles. The summed E-state index contributed by atoms with van der Waals surface area (Å²) in [5.74, 6) is -3.50. The standard InChI is InChI=1S/C54H95N5O16/c1-53(2,3)73-50(66)25-20-18-16-14-12-10-8-7-9-11-13-15-17-19-24-47(63)58-43(52(68)74-54(4,5)6)23-21-22-32-55-45(61)30-35-69-39-42-72-38-34-57-46(62)31-36-70-40-41-71-37-33-56-44(60)26-29-51(67)75-59-48(64)27-28-49(59)65/h43H,7-42H2,1-6H3,(H,55,61)(H,56,60)(H,57,62)(H,58,63)/t43-/m0/s1. The summed E-state index contributed by atoms with van der Waals surface area (Å²) >= 11 is 0. The number of hydrogen-bond donors (Lipinski definition) is 4. The second-order valence-corrected chi connectivity index (χ2v) is 20.7. The molecule has 1 rings (SSSR count). The fourth-order valence-corrected chi connectivity index (χ4v) is 7.44. The van der Waals surface area contributed by atoms with Crippen LogP contribution in [0.25, 0.3) is 0 Å². The Morgan fingerprint density at radius 1 is 0.427 bits per heavy atom. The molecular weight excluding hydrogens is 975 g/mol. The lowest BCUT2D eigenvalue weighted by molar-refractivity contribution is -0.197. The minimum Gasteiger partial charge on any atom is -0.460 e. The maximum Gasteiger partial charge on any atom is 0.333 e. The van der Waals surface area contributed by atoms with Crippen molar-refractivity contribution in [1.29, 1.82) is 0 Å². The molecule has 1 aliphatic heterocycles. The Bertz CT molecular complexity index is 1650. The molecule has 1 aliphatic rings. The van der Waals surface area contributed by atoms with E-state index in [4.69, 9.17) is 33.3 Å². The average molecular weight is 1070 g/mol. The van der Waals surface area contributed by atoms with Gasteiger partial charge in [0, 0.05) is 64.6 Å². The first-order valence-corrected chi connectivity index (χ1v) is 27.7. The van der Waals surface area contributed by atoms with Crippen LogP contribution < -0.4 is 21.3 Å². The van der Waals surface area contributed by atoms with Gasteiger partial charge in [-0.2, -0.15) is 0 Å². The monoisotopic (exact) mass is 1070 g/mol. The molecule has 0 spiro atoms. The number of amides is 6. The van der Waals surface area contributed by atoms with Crippen molar-refractivity contribution in [1.82, 2.24) is 26.3 Å². The summed E-state index contributed by atoms with van der Waals surface area (Å²) in [5.41, 5.74) is -1.10. The molecule has 4 N–H and O–H groups in total. The quantitative estimate of drug-likeness (QED) is 0.0302. The number of carbonyl (C=O) groups excluding carboxylic acids is 9. The molecule has 0 saturated carbocycles. The first-order chi connectivity index (χ1) is 35.8. The minimum atomic E-state index is -0.849. The molecule has 21 heteroatoms. The van der Waals surface area contributed by atoms with Crippen LogP contribution in [0.2, 0.25) is 0 Å². The van der Waals surface area contributed by atoms with Crippen molar-refractivity contribution in [3.05, 3.63) is 0 Å². The van der Waals surface area contributed by atoms with Gasteiger partial charge in [-0.1, -0.05) is 77.0 Å². The van der Waals surface area contributed by atoms with Crippen LogP contribution in [0.5, 0.6) is 0 Å². The third-order valence-corrected chi connectivity index (χ3v) is 11.3. The summed E-state index contributed by atoms with van der Waals surface area (Å²) in [6.07, 6.45) is 18.2. The highest BCUT2D eigenvalue weighted by atomic mass is 16.7. The number of nitrogens with zero attached hydrogens (tertiary/aromatic N) is 1. The highest BCUT2D eigenvalue weighted by Gasteiger charge is 2.33. The lowest BCUT2D eigenvalue weighted by Crippen LogP contribution is -2.44. The van der Waals surface area contributed by atoms with E-state index < -0.39 is 46.9 Å². The van der Waals surface area contributed by atoms with Crippen molar-refractivity contribution in [2.75, 3.05) is 72.5 Å². The van der Waals surface area contributed by atoms with E-state index in [0.29, 0.717) is 56.9 Å². The average Bonchev–Trinajstić information content (AvgIpc) is 3.64. The molecule has 75 heavy (non-hydrogen) atoms.